The summed E-state index contributed by atoms with van der Waals surface area (Å²) in [5.41, 5.74) is 6.65. The van der Waals surface area contributed by atoms with Crippen LogP contribution in [0.1, 0.15) is 5.56 Å². The highest BCUT2D eigenvalue weighted by Crippen LogP contribution is 2.17. The summed E-state index contributed by atoms with van der Waals surface area (Å²) in [5, 5.41) is 0. The number of rotatable bonds is 6. The first kappa shape index (κ1) is 16.7. The lowest BCUT2D eigenvalue weighted by atomic mass is 10.2. The van der Waals surface area contributed by atoms with Crippen LogP contribution in [0.4, 0.5) is 18.9 Å². The molecular weight excluding hydrogens is 297 g/mol. The van der Waals surface area contributed by atoms with Crippen molar-refractivity contribution in [1.29, 1.82) is 0 Å². The van der Waals surface area contributed by atoms with E-state index in [-0.39, 0.29) is 18.0 Å². The maximum absolute atomic E-state index is 11.8. The van der Waals surface area contributed by atoms with Crippen LogP contribution in [0.5, 0.6) is 0 Å². The van der Waals surface area contributed by atoms with E-state index >= 15 is 0 Å². The van der Waals surface area contributed by atoms with Crippen LogP contribution in [0.2, 0.25) is 0 Å². The molecule has 0 aliphatic rings. The molecule has 1 aromatic carbocycles. The number of hydrogen-bond acceptors (Lipinski definition) is 4. The Morgan fingerprint density at radius 2 is 2.00 bits per heavy atom. The van der Waals surface area contributed by atoms with Gasteiger partial charge in [0.2, 0.25) is 10.0 Å². The quantitative estimate of drug-likeness (QED) is 0.615. The maximum atomic E-state index is 11.8. The number of hydrogen-bond donors (Lipinski definition) is 2. The van der Waals surface area contributed by atoms with Crippen LogP contribution in [0.15, 0.2) is 23.1 Å². The molecule has 114 valence electrons. The Morgan fingerprint density at radius 1 is 1.35 bits per heavy atom. The standard InChI is InChI=1S/C11H15F3N2O3S/c1-8-2-3-9(6-10(8)15)20(17,18)16-4-5-19-7-11(12,13)14/h2-3,6,16H,4-5,7,15H2,1H3. The maximum Gasteiger partial charge on any atom is 0.411 e. The van der Waals surface area contributed by atoms with Crippen molar-refractivity contribution in [1.82, 2.24) is 4.72 Å². The van der Waals surface area contributed by atoms with Crippen LogP contribution < -0.4 is 10.5 Å². The lowest BCUT2D eigenvalue weighted by Gasteiger charge is -2.10. The second kappa shape index (κ2) is 6.42. The average molecular weight is 312 g/mol. The number of nitrogen functional groups attached to an aromatic ring is 1. The highest BCUT2D eigenvalue weighted by Gasteiger charge is 2.27. The third-order valence-corrected chi connectivity index (χ3v) is 3.82. The van der Waals surface area contributed by atoms with Crippen LogP contribution in [0, 0.1) is 6.92 Å². The van der Waals surface area contributed by atoms with Crippen LogP contribution in [0.25, 0.3) is 0 Å². The van der Waals surface area contributed by atoms with Crippen molar-refractivity contribution >= 4 is 15.7 Å². The molecule has 0 aromatic heterocycles. The Balaban J connectivity index is 2.52. The normalized spacial score (nSPS) is 12.6. The molecule has 0 heterocycles. The topological polar surface area (TPSA) is 81.4 Å². The van der Waals surface area contributed by atoms with Crippen LogP contribution in [-0.4, -0.2) is 34.4 Å². The van der Waals surface area contributed by atoms with E-state index in [1.165, 1.54) is 12.1 Å². The van der Waals surface area contributed by atoms with Crippen molar-refractivity contribution in [2.24, 2.45) is 0 Å². The Labute approximate surface area is 115 Å². The van der Waals surface area contributed by atoms with E-state index < -0.39 is 22.8 Å². The summed E-state index contributed by atoms with van der Waals surface area (Å²) in [6, 6.07) is 4.20. The van der Waals surface area contributed by atoms with Gasteiger partial charge in [-0.2, -0.15) is 13.2 Å². The van der Waals surface area contributed by atoms with E-state index in [2.05, 4.69) is 9.46 Å². The van der Waals surface area contributed by atoms with E-state index in [1.807, 2.05) is 0 Å². The van der Waals surface area contributed by atoms with E-state index in [0.29, 0.717) is 5.69 Å². The summed E-state index contributed by atoms with van der Waals surface area (Å²) in [7, 11) is -3.81. The molecule has 0 atom stereocenters. The fourth-order valence-corrected chi connectivity index (χ4v) is 2.35. The van der Waals surface area contributed by atoms with Gasteiger partial charge in [-0.3, -0.25) is 0 Å². The number of aryl methyl sites for hydroxylation is 1. The Kier molecular flexibility index (Phi) is 5.37. The van der Waals surface area contributed by atoms with Gasteiger partial charge in [0.15, 0.2) is 0 Å². The molecule has 5 nitrogen and oxygen atoms in total. The predicted octanol–water partition coefficient (Wildman–Crippen LogP) is 1.43. The van der Waals surface area contributed by atoms with Crippen molar-refractivity contribution in [3.05, 3.63) is 23.8 Å². The van der Waals surface area contributed by atoms with E-state index in [4.69, 9.17) is 5.73 Å². The van der Waals surface area contributed by atoms with E-state index in [1.54, 1.807) is 13.0 Å². The molecule has 0 saturated heterocycles. The summed E-state index contributed by atoms with van der Waals surface area (Å²) in [5.74, 6) is 0. The fraction of sp³-hybridized carbons (Fsp3) is 0.455. The molecule has 1 rings (SSSR count). The van der Waals surface area contributed by atoms with E-state index in [0.717, 1.165) is 5.56 Å². The fourth-order valence-electron chi connectivity index (χ4n) is 1.31. The summed E-state index contributed by atoms with van der Waals surface area (Å²) in [4.78, 5) is -0.0450. The number of halogens is 3. The minimum Gasteiger partial charge on any atom is -0.398 e. The molecule has 0 aliphatic heterocycles. The number of nitrogens with one attached hydrogen (secondary N) is 1. The zero-order valence-corrected chi connectivity index (χ0v) is 11.5. The summed E-state index contributed by atoms with van der Waals surface area (Å²) >= 11 is 0. The number of benzene rings is 1. The number of alkyl halides is 3. The summed E-state index contributed by atoms with van der Waals surface area (Å²) < 4.78 is 65.4. The first-order chi connectivity index (χ1) is 9.12. The van der Waals surface area contributed by atoms with Crippen molar-refractivity contribution in [2.75, 3.05) is 25.5 Å². The molecule has 1 aromatic rings. The molecule has 3 N–H and O–H groups in total. The van der Waals surface area contributed by atoms with Gasteiger partial charge in [-0.05, 0) is 24.6 Å². The van der Waals surface area contributed by atoms with E-state index in [9.17, 15) is 21.6 Å². The molecule has 20 heavy (non-hydrogen) atoms. The second-order valence-electron chi connectivity index (χ2n) is 4.08. The molecule has 0 radical (unpaired) electrons. The molecular formula is C11H15F3N2O3S. The predicted molar refractivity (Wildman–Crippen MR) is 67.7 cm³/mol. The lowest BCUT2D eigenvalue weighted by molar-refractivity contribution is -0.173. The van der Waals surface area contributed by atoms with Crippen molar-refractivity contribution in [3.8, 4) is 0 Å². The number of nitrogens with two attached hydrogens (primary N) is 1. The molecule has 0 unspecified atom stereocenters. The van der Waals surface area contributed by atoms with Gasteiger partial charge in [0.05, 0.1) is 11.5 Å². The van der Waals surface area contributed by atoms with Crippen LogP contribution in [0.3, 0.4) is 0 Å². The highest BCUT2D eigenvalue weighted by molar-refractivity contribution is 7.89. The number of anilines is 1. The minimum atomic E-state index is -4.43. The SMILES string of the molecule is Cc1ccc(S(=O)(=O)NCCOCC(F)(F)F)cc1N. The van der Waals surface area contributed by atoms with Crippen LogP contribution >= 0.6 is 0 Å². The third-order valence-electron chi connectivity index (χ3n) is 2.37. The molecule has 0 aliphatic carbocycles. The first-order valence-corrected chi connectivity index (χ1v) is 7.10. The zero-order chi connectivity index (χ0) is 15.4. The smallest absolute Gasteiger partial charge is 0.398 e. The molecule has 0 fully saturated rings. The van der Waals surface area contributed by atoms with Gasteiger partial charge in [0, 0.05) is 12.2 Å². The highest BCUT2D eigenvalue weighted by atomic mass is 32.2. The van der Waals surface area contributed by atoms with Gasteiger partial charge >= 0.3 is 6.18 Å². The summed E-state index contributed by atoms with van der Waals surface area (Å²) in [6.45, 7) is -0.317. The minimum absolute atomic E-state index is 0.0450. The van der Waals surface area contributed by atoms with Gasteiger partial charge in [-0.15, -0.1) is 0 Å². The van der Waals surface area contributed by atoms with Crippen molar-refractivity contribution in [2.45, 2.75) is 18.0 Å². The van der Waals surface area contributed by atoms with Gasteiger partial charge < -0.3 is 10.5 Å². The lowest BCUT2D eigenvalue weighted by Crippen LogP contribution is -2.29. The summed E-state index contributed by atoms with van der Waals surface area (Å²) in [6.07, 6.45) is -4.43. The van der Waals surface area contributed by atoms with Gasteiger partial charge in [-0.25, -0.2) is 13.1 Å². The Hall–Kier alpha value is -1.32. The number of ether oxygens (including phenoxy) is 1. The molecule has 0 bridgehead atoms. The third kappa shape index (κ3) is 5.35. The van der Waals surface area contributed by atoms with Crippen molar-refractivity contribution in [3.63, 3.8) is 0 Å². The largest absolute Gasteiger partial charge is 0.411 e. The number of sulfonamides is 1. The first-order valence-electron chi connectivity index (χ1n) is 5.62. The second-order valence-corrected chi connectivity index (χ2v) is 5.85. The molecule has 9 heteroatoms. The zero-order valence-electron chi connectivity index (χ0n) is 10.7. The average Bonchev–Trinajstić information content (AvgIpc) is 2.30. The molecule has 0 amide bonds. The molecule has 0 spiro atoms. The van der Waals surface area contributed by atoms with Gasteiger partial charge in [-0.1, -0.05) is 6.07 Å². The van der Waals surface area contributed by atoms with Crippen LogP contribution in [-0.2, 0) is 14.8 Å². The monoisotopic (exact) mass is 312 g/mol. The van der Waals surface area contributed by atoms with Gasteiger partial charge in [0.25, 0.3) is 0 Å². The van der Waals surface area contributed by atoms with Gasteiger partial charge in [0.1, 0.15) is 6.61 Å². The molecule has 0 saturated carbocycles. The Bertz CT molecular complexity index is 559. The van der Waals surface area contributed by atoms with Crippen molar-refractivity contribution < 1.29 is 26.3 Å². The Morgan fingerprint density at radius 3 is 2.55 bits per heavy atom.